The minimum atomic E-state index is -0.299. The number of hydrogen-bond donors (Lipinski definition) is 1. The summed E-state index contributed by atoms with van der Waals surface area (Å²) in [6.07, 6.45) is 4.33. The summed E-state index contributed by atoms with van der Waals surface area (Å²) in [5, 5.41) is 5.20. The molecule has 4 heterocycles. The molecule has 9 nitrogen and oxygen atoms in total. The number of fused-ring (bicyclic) bond motifs is 2. The zero-order valence-electron chi connectivity index (χ0n) is 21.4. The van der Waals surface area contributed by atoms with E-state index in [9.17, 15) is 4.79 Å². The lowest BCUT2D eigenvalue weighted by molar-refractivity contribution is -0.106. The van der Waals surface area contributed by atoms with Gasteiger partial charge in [0.1, 0.15) is 12.0 Å². The van der Waals surface area contributed by atoms with Crippen LogP contribution in [-0.2, 0) is 11.3 Å². The van der Waals surface area contributed by atoms with Crippen LogP contribution >= 0.6 is 11.3 Å². The number of hydrogen-bond acceptors (Lipinski definition) is 8. The molecule has 1 saturated heterocycles. The summed E-state index contributed by atoms with van der Waals surface area (Å²) >= 11 is 1.65. The van der Waals surface area contributed by atoms with Gasteiger partial charge in [0.2, 0.25) is 0 Å². The van der Waals surface area contributed by atoms with Gasteiger partial charge in [-0.3, -0.25) is 19.1 Å². The zero-order chi connectivity index (χ0) is 26.5. The monoisotopic (exact) mass is 527 g/mol. The van der Waals surface area contributed by atoms with Crippen molar-refractivity contribution in [3.8, 4) is 11.3 Å². The smallest absolute Gasteiger partial charge is 0.275 e. The molecular formula is C28H29N7O2S. The van der Waals surface area contributed by atoms with Gasteiger partial charge in [-0.25, -0.2) is 9.97 Å². The molecule has 0 radical (unpaired) electrons. The zero-order valence-corrected chi connectivity index (χ0v) is 22.2. The molecule has 10 heteroatoms. The van der Waals surface area contributed by atoms with Gasteiger partial charge in [-0.1, -0.05) is 30.3 Å². The molecule has 0 spiro atoms. The number of carbonyl (C=O) groups excluding carboxylic acids is 2. The number of rotatable bonds is 5. The van der Waals surface area contributed by atoms with E-state index in [0.717, 1.165) is 60.7 Å². The molecule has 194 valence electrons. The summed E-state index contributed by atoms with van der Waals surface area (Å²) in [6, 6.07) is 15.2. The molecule has 0 aliphatic carbocycles. The number of anilines is 1. The maximum atomic E-state index is 13.0. The fraction of sp³-hybridized carbons (Fsp3) is 0.250. The number of thiazole rings is 1. The maximum Gasteiger partial charge on any atom is 0.275 e. The Morgan fingerprint density at radius 3 is 2.53 bits per heavy atom. The van der Waals surface area contributed by atoms with Gasteiger partial charge in [0.25, 0.3) is 5.91 Å². The largest absolute Gasteiger partial charge is 0.320 e. The lowest BCUT2D eigenvalue weighted by atomic mass is 10.1. The molecule has 0 saturated carbocycles. The van der Waals surface area contributed by atoms with Gasteiger partial charge in [-0.15, -0.1) is 11.3 Å². The van der Waals surface area contributed by atoms with E-state index in [1.807, 2.05) is 48.5 Å². The summed E-state index contributed by atoms with van der Waals surface area (Å²) in [5.41, 5.74) is 5.36. The van der Waals surface area contributed by atoms with Gasteiger partial charge in [0.05, 0.1) is 28.6 Å². The van der Waals surface area contributed by atoms with Crippen molar-refractivity contribution in [2.45, 2.75) is 13.5 Å². The average Bonchev–Trinajstić information content (AvgIpc) is 3.52. The highest BCUT2D eigenvalue weighted by Gasteiger charge is 2.18. The van der Waals surface area contributed by atoms with E-state index >= 15 is 0 Å². The predicted octanol–water partition coefficient (Wildman–Crippen LogP) is 4.21. The van der Waals surface area contributed by atoms with Crippen LogP contribution in [0.1, 0.15) is 23.1 Å². The minimum Gasteiger partial charge on any atom is -0.320 e. The highest BCUT2D eigenvalue weighted by molar-refractivity contribution is 7.15. The van der Waals surface area contributed by atoms with E-state index in [-0.39, 0.29) is 11.6 Å². The SMILES string of the molecule is CC=O.CN1CCN(Cc2csc3nc(-c4ccccc4NC(=O)c4cnc5ccccc5n4)cn23)CC1. The van der Waals surface area contributed by atoms with Crippen LogP contribution in [0.15, 0.2) is 66.3 Å². The molecule has 1 aliphatic rings. The summed E-state index contributed by atoms with van der Waals surface area (Å²) in [4.78, 5) is 41.3. The van der Waals surface area contributed by atoms with Crippen LogP contribution in [-0.4, -0.2) is 74.6 Å². The van der Waals surface area contributed by atoms with Crippen LogP contribution in [0.5, 0.6) is 0 Å². The Balaban J connectivity index is 0.000000937. The first-order valence-corrected chi connectivity index (χ1v) is 13.3. The van der Waals surface area contributed by atoms with Crippen molar-refractivity contribution in [1.29, 1.82) is 0 Å². The molecule has 0 unspecified atom stereocenters. The molecule has 2 aromatic carbocycles. The first-order valence-electron chi connectivity index (χ1n) is 12.4. The number of likely N-dealkylation sites (N-methyl/N-ethyl adjacent to an activating group) is 1. The summed E-state index contributed by atoms with van der Waals surface area (Å²) in [7, 11) is 2.17. The summed E-state index contributed by atoms with van der Waals surface area (Å²) in [6.45, 7) is 6.68. The third-order valence-electron chi connectivity index (χ3n) is 6.40. The number of nitrogens with zero attached hydrogens (tertiary/aromatic N) is 6. The normalized spacial score (nSPS) is 14.3. The van der Waals surface area contributed by atoms with Crippen molar-refractivity contribution in [3.05, 3.63) is 77.7 Å². The number of nitrogens with one attached hydrogen (secondary N) is 1. The Labute approximate surface area is 224 Å². The Morgan fingerprint density at radius 1 is 1.03 bits per heavy atom. The molecule has 0 atom stereocenters. The molecule has 38 heavy (non-hydrogen) atoms. The van der Waals surface area contributed by atoms with Crippen LogP contribution in [0.25, 0.3) is 27.3 Å². The Kier molecular flexibility index (Phi) is 7.83. The van der Waals surface area contributed by atoms with Crippen LogP contribution in [0.3, 0.4) is 0 Å². The van der Waals surface area contributed by atoms with Crippen LogP contribution in [0.2, 0.25) is 0 Å². The molecule has 6 rings (SSSR count). The van der Waals surface area contributed by atoms with Crippen molar-refractivity contribution in [1.82, 2.24) is 29.2 Å². The number of aldehydes is 1. The molecule has 1 fully saturated rings. The standard InChI is InChI=1S/C26H25N7OS.C2H4O/c1-31-10-12-32(13-11-31)15-18-17-35-26-30-24(16-33(18)26)19-6-2-3-7-20(19)29-25(34)23-14-27-21-8-4-5-9-22(21)28-23;1-2-3/h2-9,14,16-17H,10-13,15H2,1H3,(H,29,34);2H,1H3. The fourth-order valence-corrected chi connectivity index (χ4v) is 5.24. The van der Waals surface area contributed by atoms with E-state index in [2.05, 4.69) is 48.1 Å². The van der Waals surface area contributed by atoms with E-state index in [1.165, 1.54) is 18.8 Å². The number of aromatic nitrogens is 4. The predicted molar refractivity (Wildman–Crippen MR) is 151 cm³/mol. The molecule has 1 aliphatic heterocycles. The second kappa shape index (κ2) is 11.6. The second-order valence-corrected chi connectivity index (χ2v) is 9.90. The summed E-state index contributed by atoms with van der Waals surface area (Å²) in [5.74, 6) is -0.299. The maximum absolute atomic E-state index is 13.0. The van der Waals surface area contributed by atoms with Gasteiger partial charge >= 0.3 is 0 Å². The molecular weight excluding hydrogens is 498 g/mol. The van der Waals surface area contributed by atoms with E-state index in [4.69, 9.17) is 9.78 Å². The Morgan fingerprint density at radius 2 is 1.74 bits per heavy atom. The highest BCUT2D eigenvalue weighted by Crippen LogP contribution is 2.30. The number of para-hydroxylation sites is 3. The topological polar surface area (TPSA) is 95.7 Å². The number of benzene rings is 2. The first kappa shape index (κ1) is 25.7. The van der Waals surface area contributed by atoms with Gasteiger partial charge in [-0.2, -0.15) is 0 Å². The Bertz CT molecular complexity index is 1570. The van der Waals surface area contributed by atoms with Crippen LogP contribution in [0.4, 0.5) is 5.69 Å². The second-order valence-electron chi connectivity index (χ2n) is 9.06. The highest BCUT2D eigenvalue weighted by atomic mass is 32.1. The molecule has 5 aromatic rings. The van der Waals surface area contributed by atoms with Crippen molar-refractivity contribution in [3.63, 3.8) is 0 Å². The minimum absolute atomic E-state index is 0.277. The van der Waals surface area contributed by atoms with Crippen molar-refractivity contribution in [2.75, 3.05) is 38.5 Å². The number of carbonyl (C=O) groups is 2. The van der Waals surface area contributed by atoms with E-state index in [1.54, 1.807) is 11.3 Å². The quantitative estimate of drug-likeness (QED) is 0.342. The van der Waals surface area contributed by atoms with Crippen molar-refractivity contribution < 1.29 is 9.59 Å². The molecule has 3 aromatic heterocycles. The van der Waals surface area contributed by atoms with E-state index < -0.39 is 0 Å². The first-order chi connectivity index (χ1) is 18.6. The molecule has 1 amide bonds. The number of imidazole rings is 1. The average molecular weight is 528 g/mol. The fourth-order valence-electron chi connectivity index (χ4n) is 4.38. The van der Waals surface area contributed by atoms with E-state index in [0.29, 0.717) is 11.2 Å². The van der Waals surface area contributed by atoms with Gasteiger partial charge in [-0.05, 0) is 32.2 Å². The summed E-state index contributed by atoms with van der Waals surface area (Å²) < 4.78 is 2.17. The van der Waals surface area contributed by atoms with Gasteiger partial charge < -0.3 is 15.0 Å². The molecule has 1 N–H and O–H groups in total. The lowest BCUT2D eigenvalue weighted by Gasteiger charge is -2.32. The lowest BCUT2D eigenvalue weighted by Crippen LogP contribution is -2.44. The van der Waals surface area contributed by atoms with Crippen molar-refractivity contribution >= 4 is 45.2 Å². The third-order valence-corrected chi connectivity index (χ3v) is 7.29. The van der Waals surface area contributed by atoms with Gasteiger partial charge in [0.15, 0.2) is 4.96 Å². The molecule has 0 bridgehead atoms. The van der Waals surface area contributed by atoms with Crippen LogP contribution < -0.4 is 5.32 Å². The Hall–Kier alpha value is -3.99. The van der Waals surface area contributed by atoms with Crippen molar-refractivity contribution in [2.24, 2.45) is 0 Å². The van der Waals surface area contributed by atoms with Gasteiger partial charge in [0, 0.05) is 55.6 Å². The van der Waals surface area contributed by atoms with Crippen LogP contribution in [0, 0.1) is 0 Å². The number of piperazine rings is 1. The third kappa shape index (κ3) is 5.62. The number of amides is 1.